The molecule has 19 heavy (non-hydrogen) atoms. The highest BCUT2D eigenvalue weighted by Gasteiger charge is 2.12. The number of anilines is 1. The van der Waals surface area contributed by atoms with Gasteiger partial charge >= 0.3 is 0 Å². The first-order valence-corrected chi connectivity index (χ1v) is 5.60. The van der Waals surface area contributed by atoms with Gasteiger partial charge in [-0.25, -0.2) is 4.39 Å². The van der Waals surface area contributed by atoms with E-state index in [4.69, 9.17) is 0 Å². The molecule has 0 bridgehead atoms. The van der Waals surface area contributed by atoms with Crippen molar-refractivity contribution in [1.29, 1.82) is 0 Å². The van der Waals surface area contributed by atoms with Crippen LogP contribution in [0.4, 0.5) is 10.1 Å². The van der Waals surface area contributed by atoms with Gasteiger partial charge < -0.3 is 5.32 Å². The fraction of sp³-hybridized carbons (Fsp3) is 0.0714. The van der Waals surface area contributed by atoms with Crippen LogP contribution in [0, 0.1) is 5.82 Å². The molecule has 0 radical (unpaired) electrons. The molecule has 0 saturated carbocycles. The lowest BCUT2D eigenvalue weighted by Gasteiger charge is -2.09. The third-order valence-corrected chi connectivity index (χ3v) is 2.53. The Kier molecular flexibility index (Phi) is 3.66. The number of benzene rings is 1. The number of halogens is 1. The summed E-state index contributed by atoms with van der Waals surface area (Å²) >= 11 is 0. The van der Waals surface area contributed by atoms with Crippen LogP contribution in [-0.2, 0) is 0 Å². The Morgan fingerprint density at radius 3 is 2.68 bits per heavy atom. The van der Waals surface area contributed by atoms with Crippen molar-refractivity contribution in [3.63, 3.8) is 0 Å². The molecule has 1 aromatic carbocycles. The molecule has 2 rings (SSSR count). The summed E-state index contributed by atoms with van der Waals surface area (Å²) in [6.45, 7) is 1.35. The number of nitrogens with zero attached hydrogens (tertiary/aromatic N) is 1. The summed E-state index contributed by atoms with van der Waals surface area (Å²) in [6.07, 6.45) is 2.93. The minimum absolute atomic E-state index is 0.154. The summed E-state index contributed by atoms with van der Waals surface area (Å²) in [6, 6.07) is 6.83. The van der Waals surface area contributed by atoms with Gasteiger partial charge in [-0.3, -0.25) is 14.6 Å². The van der Waals surface area contributed by atoms with E-state index in [-0.39, 0.29) is 17.0 Å². The number of carbonyl (C=O) groups is 2. The number of aromatic nitrogens is 1. The molecule has 0 atom stereocenters. The summed E-state index contributed by atoms with van der Waals surface area (Å²) in [5.41, 5.74) is 0.751. The first-order chi connectivity index (χ1) is 9.08. The van der Waals surface area contributed by atoms with E-state index in [0.29, 0.717) is 5.56 Å². The zero-order valence-electron chi connectivity index (χ0n) is 10.2. The molecule has 0 saturated heterocycles. The number of Topliss-reactive ketones (excluding diaryl/α,β-unsaturated/α-hetero) is 1. The van der Waals surface area contributed by atoms with E-state index in [0.717, 1.165) is 6.07 Å². The van der Waals surface area contributed by atoms with Crippen LogP contribution in [-0.4, -0.2) is 16.7 Å². The summed E-state index contributed by atoms with van der Waals surface area (Å²) in [5.74, 6) is -1.21. The van der Waals surface area contributed by atoms with Crippen LogP contribution in [0.5, 0.6) is 0 Å². The standard InChI is InChI=1S/C14H11FN2O2/c1-9(18)12-5-4-11(15)7-13(12)17-14(19)10-3-2-6-16-8-10/h2-8H,1H3,(H,17,19). The predicted octanol–water partition coefficient (Wildman–Crippen LogP) is 2.68. The number of hydrogen-bond acceptors (Lipinski definition) is 3. The number of hydrogen-bond donors (Lipinski definition) is 1. The van der Waals surface area contributed by atoms with E-state index in [1.165, 1.54) is 25.3 Å². The van der Waals surface area contributed by atoms with Crippen LogP contribution in [0.1, 0.15) is 27.6 Å². The smallest absolute Gasteiger partial charge is 0.257 e. The maximum absolute atomic E-state index is 13.2. The molecule has 1 aromatic heterocycles. The van der Waals surface area contributed by atoms with Gasteiger partial charge in [-0.2, -0.15) is 0 Å². The Bertz CT molecular complexity index is 627. The fourth-order valence-electron chi connectivity index (χ4n) is 1.62. The Morgan fingerprint density at radius 2 is 2.05 bits per heavy atom. The monoisotopic (exact) mass is 258 g/mol. The highest BCUT2D eigenvalue weighted by Crippen LogP contribution is 2.18. The average molecular weight is 258 g/mol. The number of carbonyl (C=O) groups excluding carboxylic acids is 2. The number of nitrogens with one attached hydrogen (secondary N) is 1. The van der Waals surface area contributed by atoms with E-state index in [1.54, 1.807) is 18.3 Å². The molecular formula is C14H11FN2O2. The maximum atomic E-state index is 13.2. The van der Waals surface area contributed by atoms with Gasteiger partial charge in [0.1, 0.15) is 5.82 Å². The molecule has 0 aliphatic carbocycles. The Balaban J connectivity index is 2.31. The molecule has 1 N–H and O–H groups in total. The number of rotatable bonds is 3. The molecule has 0 aliphatic rings. The topological polar surface area (TPSA) is 59.1 Å². The largest absolute Gasteiger partial charge is 0.321 e. The Labute approximate surface area is 109 Å². The van der Waals surface area contributed by atoms with Crippen molar-refractivity contribution in [1.82, 2.24) is 4.98 Å². The Morgan fingerprint density at radius 1 is 1.26 bits per heavy atom. The first-order valence-electron chi connectivity index (χ1n) is 5.60. The molecular weight excluding hydrogens is 247 g/mol. The van der Waals surface area contributed by atoms with Crippen LogP contribution >= 0.6 is 0 Å². The van der Waals surface area contributed by atoms with Crippen LogP contribution in [0.25, 0.3) is 0 Å². The number of amides is 1. The second-order valence-corrected chi connectivity index (χ2v) is 3.94. The molecule has 0 spiro atoms. The third kappa shape index (κ3) is 3.01. The van der Waals surface area contributed by atoms with Crippen molar-refractivity contribution < 1.29 is 14.0 Å². The van der Waals surface area contributed by atoms with Crippen molar-refractivity contribution in [2.75, 3.05) is 5.32 Å². The minimum Gasteiger partial charge on any atom is -0.321 e. The van der Waals surface area contributed by atoms with Crippen molar-refractivity contribution in [2.24, 2.45) is 0 Å². The first kappa shape index (κ1) is 12.9. The predicted molar refractivity (Wildman–Crippen MR) is 68.6 cm³/mol. The van der Waals surface area contributed by atoms with E-state index >= 15 is 0 Å². The van der Waals surface area contributed by atoms with Gasteiger partial charge in [0.05, 0.1) is 11.3 Å². The molecule has 0 unspecified atom stereocenters. The third-order valence-electron chi connectivity index (χ3n) is 2.53. The number of ketones is 1. The zero-order valence-corrected chi connectivity index (χ0v) is 10.2. The van der Waals surface area contributed by atoms with Crippen LogP contribution in [0.15, 0.2) is 42.7 Å². The summed E-state index contributed by atoms with van der Waals surface area (Å²) in [4.78, 5) is 27.1. The fourth-order valence-corrected chi connectivity index (χ4v) is 1.62. The molecule has 0 fully saturated rings. The lowest BCUT2D eigenvalue weighted by atomic mass is 10.1. The van der Waals surface area contributed by atoms with Crippen molar-refractivity contribution in [2.45, 2.75) is 6.92 Å². The van der Waals surface area contributed by atoms with Gasteiger partial charge in [-0.15, -0.1) is 0 Å². The molecule has 1 amide bonds. The zero-order chi connectivity index (χ0) is 13.8. The molecule has 2 aromatic rings. The summed E-state index contributed by atoms with van der Waals surface area (Å²) < 4.78 is 13.2. The molecule has 5 heteroatoms. The van der Waals surface area contributed by atoms with Crippen LogP contribution in [0.3, 0.4) is 0 Å². The normalized spacial score (nSPS) is 10.0. The Hall–Kier alpha value is -2.56. The van der Waals surface area contributed by atoms with Gasteiger partial charge in [0.25, 0.3) is 5.91 Å². The van der Waals surface area contributed by atoms with Gasteiger partial charge in [0.15, 0.2) is 5.78 Å². The minimum atomic E-state index is -0.522. The van der Waals surface area contributed by atoms with E-state index < -0.39 is 11.7 Å². The highest BCUT2D eigenvalue weighted by molar-refractivity contribution is 6.08. The van der Waals surface area contributed by atoms with Gasteiger partial charge in [0.2, 0.25) is 0 Å². The molecule has 1 heterocycles. The van der Waals surface area contributed by atoms with Gasteiger partial charge in [-0.1, -0.05) is 0 Å². The second-order valence-electron chi connectivity index (χ2n) is 3.94. The van der Waals surface area contributed by atoms with Crippen molar-refractivity contribution in [3.05, 3.63) is 59.7 Å². The summed E-state index contributed by atoms with van der Waals surface area (Å²) in [7, 11) is 0. The molecule has 4 nitrogen and oxygen atoms in total. The van der Waals surface area contributed by atoms with Gasteiger partial charge in [-0.05, 0) is 37.3 Å². The lowest BCUT2D eigenvalue weighted by Crippen LogP contribution is -2.14. The number of pyridine rings is 1. The average Bonchev–Trinajstić information content (AvgIpc) is 2.39. The SMILES string of the molecule is CC(=O)c1ccc(F)cc1NC(=O)c1cccnc1. The van der Waals surface area contributed by atoms with Crippen LogP contribution in [0.2, 0.25) is 0 Å². The van der Waals surface area contributed by atoms with E-state index in [2.05, 4.69) is 10.3 Å². The maximum Gasteiger partial charge on any atom is 0.257 e. The quantitative estimate of drug-likeness (QED) is 0.861. The van der Waals surface area contributed by atoms with E-state index in [1.807, 2.05) is 0 Å². The van der Waals surface area contributed by atoms with Crippen molar-refractivity contribution in [3.8, 4) is 0 Å². The summed E-state index contributed by atoms with van der Waals surface area (Å²) in [5, 5.41) is 2.51. The molecule has 0 aliphatic heterocycles. The highest BCUT2D eigenvalue weighted by atomic mass is 19.1. The van der Waals surface area contributed by atoms with Crippen LogP contribution < -0.4 is 5.32 Å². The van der Waals surface area contributed by atoms with Crippen molar-refractivity contribution >= 4 is 17.4 Å². The lowest BCUT2D eigenvalue weighted by molar-refractivity contribution is 0.101. The molecule has 96 valence electrons. The second kappa shape index (κ2) is 5.39. The van der Waals surface area contributed by atoms with Gasteiger partial charge in [0, 0.05) is 18.0 Å². The van der Waals surface area contributed by atoms with E-state index in [9.17, 15) is 14.0 Å².